The van der Waals surface area contributed by atoms with Crippen molar-refractivity contribution >= 4 is 17.4 Å². The molecule has 3 N–H and O–H groups in total. The minimum Gasteiger partial charge on any atom is -0.491 e. The number of hydrogen-bond acceptors (Lipinski definition) is 3. The van der Waals surface area contributed by atoms with Crippen LogP contribution in [0.15, 0.2) is 30.6 Å². The molecule has 0 spiro atoms. The molecule has 1 aromatic heterocycles. The molecule has 1 aromatic carbocycles. The Morgan fingerprint density at radius 2 is 2.20 bits per heavy atom. The number of aromatic amines is 1. The van der Waals surface area contributed by atoms with Gasteiger partial charge in [-0.15, -0.1) is 0 Å². The summed E-state index contributed by atoms with van der Waals surface area (Å²) in [5, 5.41) is 11.1. The van der Waals surface area contributed by atoms with Crippen molar-refractivity contribution in [3.63, 3.8) is 0 Å². The number of nitrogens with one attached hydrogen (secondary N) is 3. The van der Waals surface area contributed by atoms with Crippen LogP contribution in [0.25, 0.3) is 0 Å². The Morgan fingerprint density at radius 1 is 1.40 bits per heavy atom. The average Bonchev–Trinajstić information content (AvgIpc) is 2.84. The number of ether oxygens (including phenoxy) is 1. The third-order valence-corrected chi connectivity index (χ3v) is 2.32. The standard InChI is InChI=1S/C13H15FN4O2/c1-8(2)20-10-3-4-12(11(14)5-10)18-13(19)17-9-6-15-16-7-9/h3-8H,1-2H3,(H,15,16)(H2,17,18,19). The minimum atomic E-state index is -0.564. The zero-order chi connectivity index (χ0) is 14.5. The number of carbonyl (C=O) groups excluding carboxylic acids is 1. The van der Waals surface area contributed by atoms with Gasteiger partial charge in [0.25, 0.3) is 0 Å². The number of H-pyrrole nitrogens is 1. The first kappa shape index (κ1) is 13.9. The Morgan fingerprint density at radius 3 is 2.80 bits per heavy atom. The molecule has 0 unspecified atom stereocenters. The van der Waals surface area contributed by atoms with Crippen molar-refractivity contribution in [2.24, 2.45) is 0 Å². The number of urea groups is 1. The highest BCUT2D eigenvalue weighted by Crippen LogP contribution is 2.21. The van der Waals surface area contributed by atoms with Crippen LogP contribution in [0.5, 0.6) is 5.75 Å². The van der Waals surface area contributed by atoms with Gasteiger partial charge in [0.15, 0.2) is 0 Å². The minimum absolute atomic E-state index is 0.0439. The second kappa shape index (κ2) is 6.05. The van der Waals surface area contributed by atoms with E-state index in [0.29, 0.717) is 11.4 Å². The van der Waals surface area contributed by atoms with Gasteiger partial charge in [-0.05, 0) is 26.0 Å². The number of hydrogen-bond donors (Lipinski definition) is 3. The lowest BCUT2D eigenvalue weighted by molar-refractivity contribution is 0.241. The molecular formula is C13H15FN4O2. The van der Waals surface area contributed by atoms with E-state index >= 15 is 0 Å². The molecule has 0 aliphatic heterocycles. The van der Waals surface area contributed by atoms with Crippen LogP contribution in [0, 0.1) is 5.82 Å². The molecule has 20 heavy (non-hydrogen) atoms. The highest BCUT2D eigenvalue weighted by molar-refractivity contribution is 5.99. The maximum absolute atomic E-state index is 13.8. The predicted octanol–water partition coefficient (Wildman–Crippen LogP) is 2.98. The van der Waals surface area contributed by atoms with Gasteiger partial charge in [0, 0.05) is 12.3 Å². The predicted molar refractivity (Wildman–Crippen MR) is 73.4 cm³/mol. The molecule has 0 saturated heterocycles. The first-order valence-corrected chi connectivity index (χ1v) is 6.07. The third-order valence-electron chi connectivity index (χ3n) is 2.32. The number of benzene rings is 1. The number of amides is 2. The van der Waals surface area contributed by atoms with Crippen LogP contribution < -0.4 is 15.4 Å². The van der Waals surface area contributed by atoms with Crippen molar-refractivity contribution < 1.29 is 13.9 Å². The molecule has 6 nitrogen and oxygen atoms in total. The Balaban J connectivity index is 2.00. The summed E-state index contributed by atoms with van der Waals surface area (Å²) in [6, 6.07) is 3.72. The van der Waals surface area contributed by atoms with Crippen LogP contribution in [0.2, 0.25) is 0 Å². The van der Waals surface area contributed by atoms with Gasteiger partial charge in [0.05, 0.1) is 23.7 Å². The smallest absolute Gasteiger partial charge is 0.323 e. The van der Waals surface area contributed by atoms with E-state index in [0.717, 1.165) is 0 Å². The Labute approximate surface area is 115 Å². The molecule has 0 aliphatic carbocycles. The van der Waals surface area contributed by atoms with Crippen molar-refractivity contribution in [2.75, 3.05) is 10.6 Å². The quantitative estimate of drug-likeness (QED) is 0.804. The number of rotatable bonds is 4. The number of carbonyl (C=O) groups is 1. The van der Waals surface area contributed by atoms with Gasteiger partial charge in [-0.1, -0.05) is 0 Å². The second-order valence-corrected chi connectivity index (χ2v) is 4.37. The SMILES string of the molecule is CC(C)Oc1ccc(NC(=O)Nc2cn[nH]c2)c(F)c1. The lowest BCUT2D eigenvalue weighted by Crippen LogP contribution is -2.19. The maximum atomic E-state index is 13.8. The number of halogens is 1. The van der Waals surface area contributed by atoms with Crippen molar-refractivity contribution in [1.82, 2.24) is 10.2 Å². The van der Waals surface area contributed by atoms with Gasteiger partial charge >= 0.3 is 6.03 Å². The topological polar surface area (TPSA) is 79.0 Å². The lowest BCUT2D eigenvalue weighted by atomic mass is 10.3. The molecule has 1 heterocycles. The maximum Gasteiger partial charge on any atom is 0.323 e. The highest BCUT2D eigenvalue weighted by atomic mass is 19.1. The summed E-state index contributed by atoms with van der Waals surface area (Å²) in [7, 11) is 0. The summed E-state index contributed by atoms with van der Waals surface area (Å²) in [6.07, 6.45) is 2.91. The summed E-state index contributed by atoms with van der Waals surface area (Å²) < 4.78 is 19.2. The van der Waals surface area contributed by atoms with Crippen LogP contribution in [0.3, 0.4) is 0 Å². The van der Waals surface area contributed by atoms with E-state index in [9.17, 15) is 9.18 Å². The van der Waals surface area contributed by atoms with E-state index in [1.165, 1.54) is 24.5 Å². The van der Waals surface area contributed by atoms with Gasteiger partial charge in [-0.2, -0.15) is 5.10 Å². The largest absolute Gasteiger partial charge is 0.491 e. The van der Waals surface area contributed by atoms with Crippen molar-refractivity contribution in [1.29, 1.82) is 0 Å². The van der Waals surface area contributed by atoms with Crippen LogP contribution in [0.1, 0.15) is 13.8 Å². The van der Waals surface area contributed by atoms with E-state index in [1.807, 2.05) is 13.8 Å². The summed E-state index contributed by atoms with van der Waals surface area (Å²) in [5.41, 5.74) is 0.560. The average molecular weight is 278 g/mol. The first-order chi connectivity index (χ1) is 9.54. The molecular weight excluding hydrogens is 263 g/mol. The Bertz CT molecular complexity index is 584. The van der Waals surface area contributed by atoms with E-state index in [-0.39, 0.29) is 11.8 Å². The molecule has 0 bridgehead atoms. The molecule has 0 saturated carbocycles. The van der Waals surface area contributed by atoms with Crippen LogP contribution in [-0.4, -0.2) is 22.3 Å². The van der Waals surface area contributed by atoms with E-state index in [4.69, 9.17) is 4.74 Å². The Kier molecular flexibility index (Phi) is 4.19. The summed E-state index contributed by atoms with van der Waals surface area (Å²) in [6.45, 7) is 3.70. The second-order valence-electron chi connectivity index (χ2n) is 4.37. The molecule has 106 valence electrons. The van der Waals surface area contributed by atoms with Gasteiger partial charge in [-0.3, -0.25) is 5.10 Å². The summed E-state index contributed by atoms with van der Waals surface area (Å²) >= 11 is 0. The molecule has 0 aliphatic rings. The van der Waals surface area contributed by atoms with Gasteiger partial charge in [0.2, 0.25) is 0 Å². The van der Waals surface area contributed by atoms with Crippen molar-refractivity contribution in [3.05, 3.63) is 36.4 Å². The van der Waals surface area contributed by atoms with E-state index < -0.39 is 11.8 Å². The Hall–Kier alpha value is -2.57. The third kappa shape index (κ3) is 3.71. The lowest BCUT2D eigenvalue weighted by Gasteiger charge is -2.11. The monoisotopic (exact) mass is 278 g/mol. The molecule has 0 radical (unpaired) electrons. The normalized spacial score (nSPS) is 10.4. The molecule has 2 rings (SSSR count). The van der Waals surface area contributed by atoms with E-state index in [2.05, 4.69) is 20.8 Å². The van der Waals surface area contributed by atoms with Crippen molar-refractivity contribution in [2.45, 2.75) is 20.0 Å². The zero-order valence-corrected chi connectivity index (χ0v) is 11.1. The van der Waals surface area contributed by atoms with Gasteiger partial charge < -0.3 is 15.4 Å². The molecule has 2 aromatic rings. The number of anilines is 2. The molecule has 0 atom stereocenters. The van der Waals surface area contributed by atoms with Gasteiger partial charge in [0.1, 0.15) is 11.6 Å². The first-order valence-electron chi connectivity index (χ1n) is 6.07. The van der Waals surface area contributed by atoms with Crippen LogP contribution in [-0.2, 0) is 0 Å². The van der Waals surface area contributed by atoms with Crippen molar-refractivity contribution in [3.8, 4) is 5.75 Å². The van der Waals surface area contributed by atoms with Crippen LogP contribution >= 0.6 is 0 Å². The molecule has 0 fully saturated rings. The van der Waals surface area contributed by atoms with Gasteiger partial charge in [-0.25, -0.2) is 9.18 Å². The fourth-order valence-corrected chi connectivity index (χ4v) is 1.55. The summed E-state index contributed by atoms with van der Waals surface area (Å²) in [4.78, 5) is 11.6. The number of nitrogens with zero attached hydrogens (tertiary/aromatic N) is 1. The zero-order valence-electron chi connectivity index (χ0n) is 11.1. The molecule has 2 amide bonds. The fourth-order valence-electron chi connectivity index (χ4n) is 1.55. The van der Waals surface area contributed by atoms with E-state index in [1.54, 1.807) is 6.07 Å². The van der Waals surface area contributed by atoms with Crippen LogP contribution in [0.4, 0.5) is 20.6 Å². The highest BCUT2D eigenvalue weighted by Gasteiger charge is 2.09. The molecule has 7 heteroatoms. The summed E-state index contributed by atoms with van der Waals surface area (Å²) in [5.74, 6) is -0.149. The fraction of sp³-hybridized carbons (Fsp3) is 0.231. The number of aromatic nitrogens is 2.